The van der Waals surface area contributed by atoms with Crippen LogP contribution in [0.25, 0.3) is 0 Å². The summed E-state index contributed by atoms with van der Waals surface area (Å²) >= 11 is 3.62. The van der Waals surface area contributed by atoms with Crippen LogP contribution in [-0.2, 0) is 6.54 Å². The third kappa shape index (κ3) is 4.49. The van der Waals surface area contributed by atoms with Crippen LogP contribution in [0.5, 0.6) is 0 Å². The summed E-state index contributed by atoms with van der Waals surface area (Å²) in [6, 6.07) is 6.69. The van der Waals surface area contributed by atoms with Crippen molar-refractivity contribution in [3.05, 3.63) is 28.2 Å². The molecule has 2 rings (SSSR count). The van der Waals surface area contributed by atoms with Gasteiger partial charge in [0.15, 0.2) is 0 Å². The lowest BCUT2D eigenvalue weighted by Gasteiger charge is -2.34. The van der Waals surface area contributed by atoms with Crippen LogP contribution in [0.15, 0.2) is 22.7 Å². The van der Waals surface area contributed by atoms with Crippen LogP contribution < -0.4 is 10.2 Å². The third-order valence-electron chi connectivity index (χ3n) is 3.91. The Labute approximate surface area is 132 Å². The highest BCUT2D eigenvalue weighted by atomic mass is 79.9. The van der Waals surface area contributed by atoms with E-state index in [1.807, 2.05) is 0 Å². The quantitative estimate of drug-likeness (QED) is 0.854. The van der Waals surface area contributed by atoms with Crippen molar-refractivity contribution in [3.8, 4) is 0 Å². The second-order valence-electron chi connectivity index (χ2n) is 6.49. The molecule has 2 nitrogen and oxygen atoms in total. The predicted molar refractivity (Wildman–Crippen MR) is 91.3 cm³/mol. The molecule has 1 fully saturated rings. The molecule has 1 N–H and O–H groups in total. The van der Waals surface area contributed by atoms with E-state index in [2.05, 4.69) is 65.1 Å². The third-order valence-corrected chi connectivity index (χ3v) is 4.41. The summed E-state index contributed by atoms with van der Waals surface area (Å²) < 4.78 is 1.18. The van der Waals surface area contributed by atoms with E-state index < -0.39 is 0 Å². The van der Waals surface area contributed by atoms with Crippen molar-refractivity contribution in [2.24, 2.45) is 11.8 Å². The monoisotopic (exact) mass is 338 g/mol. The Hall–Kier alpha value is -0.540. The molecule has 1 atom stereocenters. The molecule has 1 aliphatic heterocycles. The standard InChI is InChI=1S/C17H27BrN2/c1-13(2)10-19-11-15-6-7-16(18)9-17(15)20-8-4-5-14(3)12-20/h6-7,9,13-14,19H,4-5,8,10-12H2,1-3H3. The summed E-state index contributed by atoms with van der Waals surface area (Å²) in [5.74, 6) is 1.50. The molecular formula is C17H27BrN2. The molecule has 3 heteroatoms. The minimum Gasteiger partial charge on any atom is -0.371 e. The van der Waals surface area contributed by atoms with Gasteiger partial charge in [0.05, 0.1) is 0 Å². The fourth-order valence-electron chi connectivity index (χ4n) is 2.88. The number of anilines is 1. The zero-order chi connectivity index (χ0) is 14.5. The average molecular weight is 339 g/mol. The van der Waals surface area contributed by atoms with Gasteiger partial charge < -0.3 is 10.2 Å². The maximum absolute atomic E-state index is 3.62. The molecule has 0 aromatic heterocycles. The van der Waals surface area contributed by atoms with Crippen LogP contribution in [0.1, 0.15) is 39.2 Å². The molecular weight excluding hydrogens is 312 g/mol. The van der Waals surface area contributed by atoms with E-state index in [0.29, 0.717) is 5.92 Å². The van der Waals surface area contributed by atoms with Crippen molar-refractivity contribution in [1.29, 1.82) is 0 Å². The Kier molecular flexibility index (Phi) is 5.91. The first kappa shape index (κ1) is 15.8. The zero-order valence-corrected chi connectivity index (χ0v) is 14.5. The SMILES string of the molecule is CC(C)CNCc1ccc(Br)cc1N1CCCC(C)C1. The van der Waals surface area contributed by atoms with Gasteiger partial charge in [-0.15, -0.1) is 0 Å². The van der Waals surface area contributed by atoms with Gasteiger partial charge in [0.25, 0.3) is 0 Å². The van der Waals surface area contributed by atoms with Gasteiger partial charge in [0.2, 0.25) is 0 Å². The van der Waals surface area contributed by atoms with Gasteiger partial charge in [-0.2, -0.15) is 0 Å². The molecule has 1 aromatic rings. The topological polar surface area (TPSA) is 15.3 Å². The largest absolute Gasteiger partial charge is 0.371 e. The summed E-state index contributed by atoms with van der Waals surface area (Å²) in [4.78, 5) is 2.56. The number of piperidine rings is 1. The fourth-order valence-corrected chi connectivity index (χ4v) is 3.23. The number of benzene rings is 1. The molecule has 0 spiro atoms. The van der Waals surface area contributed by atoms with Crippen molar-refractivity contribution in [2.45, 2.75) is 40.2 Å². The summed E-state index contributed by atoms with van der Waals surface area (Å²) in [6.45, 7) is 11.3. The predicted octanol–water partition coefficient (Wildman–Crippen LogP) is 4.43. The molecule has 1 heterocycles. The highest BCUT2D eigenvalue weighted by molar-refractivity contribution is 9.10. The Morgan fingerprint density at radius 3 is 2.90 bits per heavy atom. The van der Waals surface area contributed by atoms with E-state index in [0.717, 1.165) is 19.0 Å². The van der Waals surface area contributed by atoms with Gasteiger partial charge >= 0.3 is 0 Å². The van der Waals surface area contributed by atoms with E-state index in [1.54, 1.807) is 0 Å². The van der Waals surface area contributed by atoms with Crippen molar-refractivity contribution in [1.82, 2.24) is 5.32 Å². The number of hydrogen-bond acceptors (Lipinski definition) is 2. The van der Waals surface area contributed by atoms with Gasteiger partial charge in [-0.3, -0.25) is 0 Å². The molecule has 1 saturated heterocycles. The van der Waals surface area contributed by atoms with Crippen LogP contribution in [0.3, 0.4) is 0 Å². The van der Waals surface area contributed by atoms with Gasteiger partial charge in [-0.1, -0.05) is 42.8 Å². The van der Waals surface area contributed by atoms with Crippen LogP contribution in [0, 0.1) is 11.8 Å². The maximum atomic E-state index is 3.62. The molecule has 0 radical (unpaired) electrons. The smallest absolute Gasteiger partial charge is 0.0423 e. The van der Waals surface area contributed by atoms with Crippen LogP contribution in [0.4, 0.5) is 5.69 Å². The number of rotatable bonds is 5. The number of hydrogen-bond donors (Lipinski definition) is 1. The first-order valence-corrected chi connectivity index (χ1v) is 8.59. The van der Waals surface area contributed by atoms with E-state index >= 15 is 0 Å². The maximum Gasteiger partial charge on any atom is 0.0423 e. The highest BCUT2D eigenvalue weighted by Gasteiger charge is 2.19. The molecule has 0 aliphatic carbocycles. The first-order valence-electron chi connectivity index (χ1n) is 7.80. The Morgan fingerprint density at radius 2 is 2.20 bits per heavy atom. The summed E-state index contributed by atoms with van der Waals surface area (Å²) in [5, 5.41) is 3.57. The Balaban J connectivity index is 2.10. The lowest BCUT2D eigenvalue weighted by Crippen LogP contribution is -2.35. The van der Waals surface area contributed by atoms with Gasteiger partial charge in [0.1, 0.15) is 0 Å². The summed E-state index contributed by atoms with van der Waals surface area (Å²) in [6.07, 6.45) is 2.68. The highest BCUT2D eigenvalue weighted by Crippen LogP contribution is 2.29. The second kappa shape index (κ2) is 7.46. The number of nitrogens with one attached hydrogen (secondary N) is 1. The molecule has 0 saturated carbocycles. The molecule has 1 aromatic carbocycles. The Bertz CT molecular complexity index is 431. The summed E-state index contributed by atoms with van der Waals surface area (Å²) in [5.41, 5.74) is 2.82. The van der Waals surface area contributed by atoms with Gasteiger partial charge in [-0.05, 0) is 48.9 Å². The van der Waals surface area contributed by atoms with E-state index in [4.69, 9.17) is 0 Å². The number of nitrogens with zero attached hydrogens (tertiary/aromatic N) is 1. The van der Waals surface area contributed by atoms with Crippen LogP contribution in [0.2, 0.25) is 0 Å². The van der Waals surface area contributed by atoms with E-state index in [-0.39, 0.29) is 0 Å². The molecule has 20 heavy (non-hydrogen) atoms. The molecule has 1 aliphatic rings. The minimum atomic E-state index is 0.698. The number of halogens is 1. The zero-order valence-electron chi connectivity index (χ0n) is 13.0. The first-order chi connectivity index (χ1) is 9.56. The van der Waals surface area contributed by atoms with Gasteiger partial charge in [0, 0.05) is 29.8 Å². The normalized spacial score (nSPS) is 19.6. The average Bonchev–Trinajstić information content (AvgIpc) is 2.40. The second-order valence-corrected chi connectivity index (χ2v) is 7.41. The van der Waals surface area contributed by atoms with Crippen molar-refractivity contribution in [2.75, 3.05) is 24.5 Å². The van der Waals surface area contributed by atoms with Crippen LogP contribution in [-0.4, -0.2) is 19.6 Å². The fraction of sp³-hybridized carbons (Fsp3) is 0.647. The van der Waals surface area contributed by atoms with Crippen molar-refractivity contribution >= 4 is 21.6 Å². The van der Waals surface area contributed by atoms with Crippen LogP contribution >= 0.6 is 15.9 Å². The van der Waals surface area contributed by atoms with Gasteiger partial charge in [-0.25, -0.2) is 0 Å². The molecule has 1 unspecified atom stereocenters. The Morgan fingerprint density at radius 1 is 1.40 bits per heavy atom. The summed E-state index contributed by atoms with van der Waals surface area (Å²) in [7, 11) is 0. The van der Waals surface area contributed by atoms with Crippen molar-refractivity contribution < 1.29 is 0 Å². The molecule has 0 bridgehead atoms. The molecule has 112 valence electrons. The van der Waals surface area contributed by atoms with Crippen molar-refractivity contribution in [3.63, 3.8) is 0 Å². The lowest BCUT2D eigenvalue weighted by molar-refractivity contribution is 0.445. The molecule has 0 amide bonds. The minimum absolute atomic E-state index is 0.698. The lowest BCUT2D eigenvalue weighted by atomic mass is 9.99. The van der Waals surface area contributed by atoms with E-state index in [1.165, 1.54) is 41.7 Å². The van der Waals surface area contributed by atoms with E-state index in [9.17, 15) is 0 Å².